The Kier molecular flexibility index (Phi) is 8.27. The van der Waals surface area contributed by atoms with Crippen LogP contribution in [0.3, 0.4) is 0 Å². The Morgan fingerprint density at radius 1 is 1.41 bits per heavy atom. The minimum atomic E-state index is 0.568. The molecule has 4 heteroatoms. The topological polar surface area (TPSA) is 24.5 Å². The van der Waals surface area contributed by atoms with E-state index >= 15 is 0 Å². The fourth-order valence-electron chi connectivity index (χ4n) is 2.30. The van der Waals surface area contributed by atoms with E-state index in [0.717, 1.165) is 26.3 Å². The third-order valence-corrected chi connectivity index (χ3v) is 3.99. The van der Waals surface area contributed by atoms with Gasteiger partial charge in [-0.3, -0.25) is 0 Å². The lowest BCUT2D eigenvalue weighted by atomic mass is 10.0. The van der Waals surface area contributed by atoms with Gasteiger partial charge in [-0.2, -0.15) is 11.8 Å². The van der Waals surface area contributed by atoms with Crippen molar-refractivity contribution in [3.05, 3.63) is 0 Å². The van der Waals surface area contributed by atoms with Gasteiger partial charge in [0, 0.05) is 18.5 Å². The monoisotopic (exact) mass is 260 g/mol. The lowest BCUT2D eigenvalue weighted by molar-refractivity contribution is 0.173. The summed E-state index contributed by atoms with van der Waals surface area (Å²) in [6.45, 7) is 7.51. The van der Waals surface area contributed by atoms with Crippen molar-refractivity contribution in [3.8, 4) is 0 Å². The van der Waals surface area contributed by atoms with Gasteiger partial charge >= 0.3 is 0 Å². The molecule has 0 aliphatic carbocycles. The summed E-state index contributed by atoms with van der Waals surface area (Å²) in [5, 5.41) is 3.60. The lowest BCUT2D eigenvalue weighted by Gasteiger charge is -2.24. The molecule has 0 aromatic heterocycles. The van der Waals surface area contributed by atoms with Crippen LogP contribution in [0.4, 0.5) is 0 Å². The third-order valence-electron chi connectivity index (χ3n) is 3.29. The van der Waals surface area contributed by atoms with Crippen LogP contribution in [-0.4, -0.2) is 62.8 Å². The lowest BCUT2D eigenvalue weighted by Crippen LogP contribution is -2.41. The first-order valence-electron chi connectivity index (χ1n) is 6.76. The van der Waals surface area contributed by atoms with Crippen molar-refractivity contribution in [2.24, 2.45) is 5.92 Å². The zero-order chi connectivity index (χ0) is 12.5. The number of thioether (sulfide) groups is 1. The first-order chi connectivity index (χ1) is 8.27. The highest BCUT2D eigenvalue weighted by Gasteiger charge is 2.28. The summed E-state index contributed by atoms with van der Waals surface area (Å²) >= 11 is 1.93. The second-order valence-electron chi connectivity index (χ2n) is 4.97. The molecule has 2 unspecified atom stereocenters. The van der Waals surface area contributed by atoms with Crippen LogP contribution >= 0.6 is 11.8 Å². The fourth-order valence-corrected chi connectivity index (χ4v) is 2.72. The molecule has 0 amide bonds. The molecule has 1 fully saturated rings. The average molecular weight is 260 g/mol. The van der Waals surface area contributed by atoms with Gasteiger partial charge in [-0.05, 0) is 45.0 Å². The number of ether oxygens (including phenoxy) is 1. The second kappa shape index (κ2) is 9.20. The van der Waals surface area contributed by atoms with Crippen LogP contribution in [0.5, 0.6) is 0 Å². The van der Waals surface area contributed by atoms with E-state index in [-0.39, 0.29) is 0 Å². The number of hydrogen-bond donors (Lipinski definition) is 1. The van der Waals surface area contributed by atoms with E-state index in [1.165, 1.54) is 25.1 Å². The van der Waals surface area contributed by atoms with E-state index in [1.54, 1.807) is 0 Å². The number of nitrogens with zero attached hydrogens (tertiary/aromatic N) is 1. The van der Waals surface area contributed by atoms with Gasteiger partial charge in [0.05, 0.1) is 13.2 Å². The molecule has 1 saturated heterocycles. The molecule has 1 rings (SSSR count). The Bertz CT molecular complexity index is 192. The van der Waals surface area contributed by atoms with Gasteiger partial charge in [-0.1, -0.05) is 6.92 Å². The Morgan fingerprint density at radius 2 is 2.24 bits per heavy atom. The van der Waals surface area contributed by atoms with Gasteiger partial charge in [-0.15, -0.1) is 0 Å². The minimum absolute atomic E-state index is 0.568. The molecule has 0 aromatic rings. The third kappa shape index (κ3) is 6.09. The molecule has 1 aliphatic rings. The second-order valence-corrected chi connectivity index (χ2v) is 5.95. The summed E-state index contributed by atoms with van der Waals surface area (Å²) in [4.78, 5) is 2.45. The molecule has 102 valence electrons. The summed E-state index contributed by atoms with van der Waals surface area (Å²) in [6, 6.07) is 0.568. The molecule has 0 aromatic carbocycles. The van der Waals surface area contributed by atoms with Gasteiger partial charge in [0.25, 0.3) is 0 Å². The van der Waals surface area contributed by atoms with Crippen LogP contribution in [0, 0.1) is 5.92 Å². The standard InChI is InChI=1S/C13H28N2OS/c1-4-6-14-13-11-16-10-12(13)9-15(2)7-5-8-17-3/h12-14H,4-11H2,1-3H3. The van der Waals surface area contributed by atoms with Crippen LogP contribution in [0.25, 0.3) is 0 Å². The zero-order valence-corrected chi connectivity index (χ0v) is 12.4. The van der Waals surface area contributed by atoms with Crippen LogP contribution in [-0.2, 0) is 4.74 Å². The summed E-state index contributed by atoms with van der Waals surface area (Å²) in [7, 11) is 2.23. The minimum Gasteiger partial charge on any atom is -0.379 e. The van der Waals surface area contributed by atoms with Crippen molar-refractivity contribution in [2.75, 3.05) is 51.9 Å². The molecule has 1 N–H and O–H groups in total. The maximum absolute atomic E-state index is 5.60. The van der Waals surface area contributed by atoms with Gasteiger partial charge in [0.2, 0.25) is 0 Å². The molecular formula is C13H28N2OS. The highest BCUT2D eigenvalue weighted by molar-refractivity contribution is 7.98. The van der Waals surface area contributed by atoms with Gasteiger partial charge in [0.15, 0.2) is 0 Å². The SMILES string of the molecule is CCCNC1COCC1CN(C)CCCSC. The van der Waals surface area contributed by atoms with Crippen molar-refractivity contribution < 1.29 is 4.74 Å². The maximum atomic E-state index is 5.60. The summed E-state index contributed by atoms with van der Waals surface area (Å²) in [6.07, 6.45) is 4.67. The number of nitrogens with one attached hydrogen (secondary N) is 1. The summed E-state index contributed by atoms with van der Waals surface area (Å²) < 4.78 is 5.60. The molecule has 0 bridgehead atoms. The largest absolute Gasteiger partial charge is 0.379 e. The van der Waals surface area contributed by atoms with Crippen molar-refractivity contribution >= 4 is 11.8 Å². The predicted molar refractivity (Wildman–Crippen MR) is 76.9 cm³/mol. The normalized spacial score (nSPS) is 24.7. The molecule has 0 saturated carbocycles. The number of hydrogen-bond acceptors (Lipinski definition) is 4. The smallest absolute Gasteiger partial charge is 0.0623 e. The van der Waals surface area contributed by atoms with E-state index < -0.39 is 0 Å². The quantitative estimate of drug-likeness (QED) is 0.638. The van der Waals surface area contributed by atoms with Crippen LogP contribution in [0.1, 0.15) is 19.8 Å². The van der Waals surface area contributed by atoms with E-state index in [9.17, 15) is 0 Å². The molecule has 0 spiro atoms. The maximum Gasteiger partial charge on any atom is 0.0623 e. The highest BCUT2D eigenvalue weighted by Crippen LogP contribution is 2.15. The summed E-state index contributed by atoms with van der Waals surface area (Å²) in [5.41, 5.74) is 0. The van der Waals surface area contributed by atoms with Gasteiger partial charge < -0.3 is 15.0 Å². The van der Waals surface area contributed by atoms with E-state index in [1.807, 2.05) is 11.8 Å². The van der Waals surface area contributed by atoms with Gasteiger partial charge in [-0.25, -0.2) is 0 Å². The molecule has 0 radical (unpaired) electrons. The number of rotatable bonds is 9. The van der Waals surface area contributed by atoms with E-state index in [0.29, 0.717) is 12.0 Å². The fraction of sp³-hybridized carbons (Fsp3) is 1.00. The van der Waals surface area contributed by atoms with Crippen LogP contribution in [0.2, 0.25) is 0 Å². The van der Waals surface area contributed by atoms with Crippen molar-refractivity contribution in [1.29, 1.82) is 0 Å². The van der Waals surface area contributed by atoms with E-state index in [4.69, 9.17) is 4.74 Å². The van der Waals surface area contributed by atoms with Crippen molar-refractivity contribution in [3.63, 3.8) is 0 Å². The molecule has 1 aliphatic heterocycles. The zero-order valence-electron chi connectivity index (χ0n) is 11.6. The highest BCUT2D eigenvalue weighted by atomic mass is 32.2. The van der Waals surface area contributed by atoms with Gasteiger partial charge in [0.1, 0.15) is 0 Å². The Hall–Kier alpha value is 0.230. The molecular weight excluding hydrogens is 232 g/mol. The summed E-state index contributed by atoms with van der Waals surface area (Å²) in [5.74, 6) is 1.93. The Morgan fingerprint density at radius 3 is 2.94 bits per heavy atom. The first-order valence-corrected chi connectivity index (χ1v) is 8.16. The van der Waals surface area contributed by atoms with Crippen LogP contribution < -0.4 is 5.32 Å². The average Bonchev–Trinajstić information content (AvgIpc) is 2.74. The first kappa shape index (κ1) is 15.3. The molecule has 3 nitrogen and oxygen atoms in total. The van der Waals surface area contributed by atoms with E-state index in [2.05, 4.69) is 30.4 Å². The Labute approximate surface area is 111 Å². The van der Waals surface area contributed by atoms with Crippen LogP contribution in [0.15, 0.2) is 0 Å². The van der Waals surface area contributed by atoms with Crippen molar-refractivity contribution in [2.45, 2.75) is 25.8 Å². The van der Waals surface area contributed by atoms with Crippen molar-refractivity contribution in [1.82, 2.24) is 10.2 Å². The Balaban J connectivity index is 2.19. The molecule has 17 heavy (non-hydrogen) atoms. The predicted octanol–water partition coefficient (Wildman–Crippen LogP) is 1.69. The molecule has 1 heterocycles. The molecule has 2 atom stereocenters.